The van der Waals surface area contributed by atoms with Crippen LogP contribution in [0, 0.1) is 5.82 Å². The first kappa shape index (κ1) is 17.3. The normalized spacial score (nSPS) is 10.3. The van der Waals surface area contributed by atoms with Gasteiger partial charge in [0.15, 0.2) is 0 Å². The van der Waals surface area contributed by atoms with Crippen molar-refractivity contribution in [1.29, 1.82) is 0 Å². The van der Waals surface area contributed by atoms with E-state index in [4.69, 9.17) is 9.47 Å². The van der Waals surface area contributed by atoms with E-state index in [1.54, 1.807) is 7.11 Å². The maximum Gasteiger partial charge on any atom is 0.224 e. The van der Waals surface area contributed by atoms with Crippen LogP contribution < -0.4 is 14.8 Å². The summed E-state index contributed by atoms with van der Waals surface area (Å²) in [5.41, 5.74) is 1.47. The van der Waals surface area contributed by atoms with Gasteiger partial charge in [0.2, 0.25) is 5.91 Å². The van der Waals surface area contributed by atoms with Gasteiger partial charge in [0.25, 0.3) is 0 Å². The number of ether oxygens (including phenoxy) is 2. The van der Waals surface area contributed by atoms with Gasteiger partial charge in [-0.3, -0.25) is 4.79 Å². The Balaban J connectivity index is 1.96. The lowest BCUT2D eigenvalue weighted by Gasteiger charge is -2.10. The van der Waals surface area contributed by atoms with Crippen molar-refractivity contribution in [2.75, 3.05) is 19.5 Å². The van der Waals surface area contributed by atoms with Gasteiger partial charge in [-0.05, 0) is 52.2 Å². The summed E-state index contributed by atoms with van der Waals surface area (Å²) in [6.07, 6.45) is 0.886. The van der Waals surface area contributed by atoms with Gasteiger partial charge in [-0.1, -0.05) is 6.07 Å². The van der Waals surface area contributed by atoms with Crippen LogP contribution in [0.2, 0.25) is 0 Å². The molecule has 0 saturated carbocycles. The molecule has 0 bridgehead atoms. The largest absolute Gasteiger partial charge is 0.496 e. The lowest BCUT2D eigenvalue weighted by molar-refractivity contribution is -0.116. The molecule has 4 nitrogen and oxygen atoms in total. The lowest BCUT2D eigenvalue weighted by Crippen LogP contribution is -2.13. The van der Waals surface area contributed by atoms with Gasteiger partial charge in [-0.25, -0.2) is 4.39 Å². The van der Waals surface area contributed by atoms with Gasteiger partial charge in [-0.2, -0.15) is 0 Å². The molecule has 0 aromatic heterocycles. The summed E-state index contributed by atoms with van der Waals surface area (Å²) in [6.45, 7) is 0. The van der Waals surface area contributed by atoms with Crippen LogP contribution in [0.5, 0.6) is 11.5 Å². The van der Waals surface area contributed by atoms with E-state index in [1.165, 1.54) is 25.3 Å². The van der Waals surface area contributed by atoms with Crippen LogP contribution >= 0.6 is 15.9 Å². The molecule has 0 aliphatic carbocycles. The molecule has 0 saturated heterocycles. The SMILES string of the molecule is COc1ccc(CCC(=O)Nc2ccc(F)cc2OC)cc1Br. The number of rotatable bonds is 6. The third-order valence-corrected chi connectivity index (χ3v) is 3.91. The maximum atomic E-state index is 13.1. The van der Waals surface area contributed by atoms with E-state index in [2.05, 4.69) is 21.2 Å². The minimum atomic E-state index is -0.414. The van der Waals surface area contributed by atoms with Crippen LogP contribution in [0.1, 0.15) is 12.0 Å². The minimum Gasteiger partial charge on any atom is -0.496 e. The predicted molar refractivity (Wildman–Crippen MR) is 90.6 cm³/mol. The van der Waals surface area contributed by atoms with Crippen LogP contribution in [0.4, 0.5) is 10.1 Å². The number of hydrogen-bond donors (Lipinski definition) is 1. The Morgan fingerprint density at radius 3 is 2.52 bits per heavy atom. The second-order valence-corrected chi connectivity index (χ2v) is 5.72. The zero-order chi connectivity index (χ0) is 16.8. The average molecular weight is 382 g/mol. The molecule has 122 valence electrons. The highest BCUT2D eigenvalue weighted by molar-refractivity contribution is 9.10. The number of nitrogens with one attached hydrogen (secondary N) is 1. The fourth-order valence-electron chi connectivity index (χ4n) is 2.10. The molecule has 23 heavy (non-hydrogen) atoms. The number of anilines is 1. The lowest BCUT2D eigenvalue weighted by atomic mass is 10.1. The van der Waals surface area contributed by atoms with E-state index in [1.807, 2.05) is 18.2 Å². The molecule has 1 N–H and O–H groups in total. The summed E-state index contributed by atoms with van der Waals surface area (Å²) in [7, 11) is 3.03. The van der Waals surface area contributed by atoms with Crippen LogP contribution in [-0.2, 0) is 11.2 Å². The van der Waals surface area contributed by atoms with E-state index < -0.39 is 5.82 Å². The fraction of sp³-hybridized carbons (Fsp3) is 0.235. The van der Waals surface area contributed by atoms with Gasteiger partial charge in [0, 0.05) is 12.5 Å². The Bertz CT molecular complexity index is 706. The molecule has 2 rings (SSSR count). The molecule has 0 fully saturated rings. The predicted octanol–water partition coefficient (Wildman–Crippen LogP) is 4.18. The number of carbonyl (C=O) groups excluding carboxylic acids is 1. The third-order valence-electron chi connectivity index (χ3n) is 3.29. The highest BCUT2D eigenvalue weighted by atomic mass is 79.9. The molecular formula is C17H17BrFNO3. The second kappa shape index (κ2) is 7.97. The molecule has 0 radical (unpaired) electrons. The Labute approximate surface area is 142 Å². The first-order chi connectivity index (χ1) is 11.0. The molecule has 2 aromatic rings. The minimum absolute atomic E-state index is 0.165. The Hall–Kier alpha value is -2.08. The van der Waals surface area contributed by atoms with E-state index in [0.29, 0.717) is 24.3 Å². The van der Waals surface area contributed by atoms with E-state index in [9.17, 15) is 9.18 Å². The molecule has 0 spiro atoms. The summed E-state index contributed by atoms with van der Waals surface area (Å²) in [6, 6.07) is 9.67. The number of benzene rings is 2. The first-order valence-corrected chi connectivity index (χ1v) is 7.78. The number of amides is 1. The molecule has 0 heterocycles. The smallest absolute Gasteiger partial charge is 0.224 e. The van der Waals surface area contributed by atoms with Crippen molar-refractivity contribution in [2.24, 2.45) is 0 Å². The van der Waals surface area contributed by atoms with E-state index >= 15 is 0 Å². The van der Waals surface area contributed by atoms with E-state index in [0.717, 1.165) is 15.8 Å². The number of halogens is 2. The molecule has 0 unspecified atom stereocenters. The van der Waals surface area contributed by atoms with Gasteiger partial charge in [0.05, 0.1) is 24.4 Å². The Morgan fingerprint density at radius 1 is 1.13 bits per heavy atom. The van der Waals surface area contributed by atoms with Crippen molar-refractivity contribution in [3.63, 3.8) is 0 Å². The van der Waals surface area contributed by atoms with Crippen LogP contribution in [-0.4, -0.2) is 20.1 Å². The quantitative estimate of drug-likeness (QED) is 0.816. The standard InChI is InChI=1S/C17H17BrFNO3/c1-22-15-7-3-11(9-13(15)18)4-8-17(21)20-14-6-5-12(19)10-16(14)23-2/h3,5-7,9-10H,4,8H2,1-2H3,(H,20,21). The highest BCUT2D eigenvalue weighted by Crippen LogP contribution is 2.27. The molecule has 1 amide bonds. The first-order valence-electron chi connectivity index (χ1n) is 6.99. The van der Waals surface area contributed by atoms with Crippen molar-refractivity contribution in [2.45, 2.75) is 12.8 Å². The van der Waals surface area contributed by atoms with Crippen molar-refractivity contribution in [1.82, 2.24) is 0 Å². The molecule has 0 atom stereocenters. The number of aryl methyl sites for hydroxylation is 1. The zero-order valence-corrected chi connectivity index (χ0v) is 14.4. The monoisotopic (exact) mass is 381 g/mol. The average Bonchev–Trinajstić information content (AvgIpc) is 2.54. The number of hydrogen-bond acceptors (Lipinski definition) is 3. The highest BCUT2D eigenvalue weighted by Gasteiger charge is 2.09. The van der Waals surface area contributed by atoms with Crippen LogP contribution in [0.15, 0.2) is 40.9 Å². The molecule has 6 heteroatoms. The molecule has 0 aliphatic rings. The molecule has 0 aliphatic heterocycles. The van der Waals surface area contributed by atoms with Gasteiger partial charge < -0.3 is 14.8 Å². The van der Waals surface area contributed by atoms with Gasteiger partial charge in [0.1, 0.15) is 17.3 Å². The van der Waals surface area contributed by atoms with Crippen LogP contribution in [0.3, 0.4) is 0 Å². The third kappa shape index (κ3) is 4.69. The maximum absolute atomic E-state index is 13.1. The van der Waals surface area contributed by atoms with Gasteiger partial charge in [-0.15, -0.1) is 0 Å². The van der Waals surface area contributed by atoms with Crippen LogP contribution in [0.25, 0.3) is 0 Å². The van der Waals surface area contributed by atoms with Crippen molar-refractivity contribution in [3.8, 4) is 11.5 Å². The Morgan fingerprint density at radius 2 is 1.87 bits per heavy atom. The summed E-state index contributed by atoms with van der Waals surface area (Å²) in [4.78, 5) is 12.1. The topological polar surface area (TPSA) is 47.6 Å². The summed E-state index contributed by atoms with van der Waals surface area (Å²) >= 11 is 3.42. The van der Waals surface area contributed by atoms with Crippen molar-refractivity contribution >= 4 is 27.5 Å². The zero-order valence-electron chi connectivity index (χ0n) is 12.9. The van der Waals surface area contributed by atoms with E-state index in [-0.39, 0.29) is 5.91 Å². The molecular weight excluding hydrogens is 365 g/mol. The summed E-state index contributed by atoms with van der Waals surface area (Å²) in [5.74, 6) is 0.463. The molecule has 2 aromatic carbocycles. The van der Waals surface area contributed by atoms with Crippen molar-refractivity contribution in [3.05, 3.63) is 52.3 Å². The Kier molecular flexibility index (Phi) is 5.98. The second-order valence-electron chi connectivity index (χ2n) is 4.86. The summed E-state index contributed by atoms with van der Waals surface area (Å²) in [5, 5.41) is 2.73. The summed E-state index contributed by atoms with van der Waals surface area (Å²) < 4.78 is 24.2. The number of methoxy groups -OCH3 is 2. The fourth-order valence-corrected chi connectivity index (χ4v) is 2.69. The van der Waals surface area contributed by atoms with Crippen molar-refractivity contribution < 1.29 is 18.7 Å². The van der Waals surface area contributed by atoms with Gasteiger partial charge >= 0.3 is 0 Å². The number of carbonyl (C=O) groups is 1.